The Kier molecular flexibility index (Phi) is 4.57. The van der Waals surface area contributed by atoms with Crippen LogP contribution in [0.4, 0.5) is 23.4 Å². The monoisotopic (exact) mass is 283 g/mol. The highest BCUT2D eigenvalue weighted by molar-refractivity contribution is 5.78. The molecule has 0 unspecified atom stereocenters. The van der Waals surface area contributed by atoms with Gasteiger partial charge in [-0.1, -0.05) is 0 Å². The summed E-state index contributed by atoms with van der Waals surface area (Å²) in [6, 6.07) is 0. The molecule has 1 heterocycles. The van der Waals surface area contributed by atoms with E-state index in [1.165, 1.54) is 0 Å². The number of imidazole rings is 1. The van der Waals surface area contributed by atoms with Gasteiger partial charge in [-0.25, -0.2) is 13.9 Å². The van der Waals surface area contributed by atoms with E-state index in [1.54, 1.807) is 0 Å². The molecule has 10 heteroatoms. The summed E-state index contributed by atoms with van der Waals surface area (Å²) in [7, 11) is 0. The van der Waals surface area contributed by atoms with Gasteiger partial charge in [0, 0.05) is 6.42 Å². The molecule has 0 aliphatic rings. The van der Waals surface area contributed by atoms with Gasteiger partial charge < -0.3 is 10.1 Å². The van der Waals surface area contributed by atoms with Crippen LogP contribution in [-0.2, 0) is 18.0 Å². The van der Waals surface area contributed by atoms with E-state index in [-0.39, 0.29) is 0 Å². The number of ketones is 1. The molecule has 1 aromatic heterocycles. The fourth-order valence-electron chi connectivity index (χ4n) is 1.39. The number of carbonyl (C=O) groups excluding carboxylic acids is 1. The van der Waals surface area contributed by atoms with E-state index in [0.29, 0.717) is 0 Å². The van der Waals surface area contributed by atoms with Gasteiger partial charge in [-0.05, 0) is 4.92 Å². The van der Waals surface area contributed by atoms with Gasteiger partial charge in [0.15, 0.2) is 24.3 Å². The van der Waals surface area contributed by atoms with Gasteiger partial charge in [0.05, 0.1) is 6.42 Å². The topological polar surface area (TPSA) is 78.0 Å². The van der Waals surface area contributed by atoms with Crippen LogP contribution in [0.15, 0.2) is 6.33 Å². The summed E-state index contributed by atoms with van der Waals surface area (Å²) in [5.74, 6) is -1.56. The van der Waals surface area contributed by atoms with Crippen LogP contribution in [0.2, 0.25) is 0 Å². The van der Waals surface area contributed by atoms with Crippen molar-refractivity contribution in [2.75, 3.05) is 0 Å². The number of hydrogen-bond donors (Lipinski definition) is 0. The second-order valence-corrected chi connectivity index (χ2v) is 3.69. The maximum absolute atomic E-state index is 12.4. The zero-order chi connectivity index (χ0) is 14.6. The summed E-state index contributed by atoms with van der Waals surface area (Å²) >= 11 is 0. The molecule has 0 fully saturated rings. The predicted molar refractivity (Wildman–Crippen MR) is 54.0 cm³/mol. The maximum atomic E-state index is 12.4. The lowest BCUT2D eigenvalue weighted by molar-refractivity contribution is -0.392. The number of carbonyl (C=O) groups is 1. The molecule has 0 spiro atoms. The molecule has 0 bridgehead atoms. The van der Waals surface area contributed by atoms with Crippen molar-refractivity contribution in [3.05, 3.63) is 22.1 Å². The number of hydrogen-bond acceptors (Lipinski definition) is 4. The Labute approximate surface area is 104 Å². The lowest BCUT2D eigenvalue weighted by Crippen LogP contribution is -2.15. The highest BCUT2D eigenvalue weighted by atomic mass is 19.4. The molecular weight excluding hydrogens is 274 g/mol. The molecule has 1 aromatic rings. The van der Waals surface area contributed by atoms with Crippen molar-refractivity contribution in [3.8, 4) is 0 Å². The summed E-state index contributed by atoms with van der Waals surface area (Å²) < 4.78 is 48.8. The van der Waals surface area contributed by atoms with Crippen LogP contribution >= 0.6 is 0 Å². The zero-order valence-electron chi connectivity index (χ0n) is 9.48. The van der Waals surface area contributed by atoms with Gasteiger partial charge in [-0.3, -0.25) is 4.79 Å². The molecule has 0 radical (unpaired) electrons. The first kappa shape index (κ1) is 15.1. The Morgan fingerprint density at radius 3 is 2.58 bits per heavy atom. The third-order valence-electron chi connectivity index (χ3n) is 2.22. The molecule has 0 atom stereocenters. The fourth-order valence-corrected chi connectivity index (χ4v) is 1.39. The zero-order valence-corrected chi connectivity index (χ0v) is 9.48. The van der Waals surface area contributed by atoms with E-state index in [4.69, 9.17) is 0 Å². The first-order valence-corrected chi connectivity index (χ1v) is 5.07. The molecule has 0 aliphatic heterocycles. The van der Waals surface area contributed by atoms with Crippen LogP contribution in [0, 0.1) is 10.1 Å². The van der Waals surface area contributed by atoms with Crippen LogP contribution in [0.5, 0.6) is 0 Å². The van der Waals surface area contributed by atoms with E-state index in [1.807, 2.05) is 0 Å². The van der Waals surface area contributed by atoms with E-state index < -0.39 is 54.5 Å². The van der Waals surface area contributed by atoms with Crippen LogP contribution in [-0.4, -0.2) is 26.4 Å². The van der Waals surface area contributed by atoms with Crippen molar-refractivity contribution in [2.24, 2.45) is 0 Å². The first-order valence-electron chi connectivity index (χ1n) is 5.07. The average molecular weight is 283 g/mol. The number of nitrogens with zero attached hydrogens (tertiary/aromatic N) is 3. The van der Waals surface area contributed by atoms with Gasteiger partial charge in [0.1, 0.15) is 6.67 Å². The number of Topliss-reactive ketones (excluding diaryl/α,β-unsaturated/α-hetero) is 1. The van der Waals surface area contributed by atoms with Crippen molar-refractivity contribution in [2.45, 2.75) is 32.2 Å². The molecule has 0 aliphatic carbocycles. The molecule has 0 amide bonds. The second kappa shape index (κ2) is 5.76. The molecule has 6 nitrogen and oxygen atoms in total. The lowest BCUT2D eigenvalue weighted by atomic mass is 10.2. The summed E-state index contributed by atoms with van der Waals surface area (Å²) in [5.41, 5.74) is -0.464. The minimum atomic E-state index is -4.47. The van der Waals surface area contributed by atoms with Crippen LogP contribution in [0.1, 0.15) is 18.5 Å². The van der Waals surface area contributed by atoms with Crippen molar-refractivity contribution in [1.82, 2.24) is 9.55 Å². The van der Waals surface area contributed by atoms with Gasteiger partial charge in [-0.15, -0.1) is 0 Å². The molecule has 0 N–H and O–H groups in total. The third kappa shape index (κ3) is 4.30. The van der Waals surface area contributed by atoms with Crippen molar-refractivity contribution in [3.63, 3.8) is 0 Å². The van der Waals surface area contributed by atoms with Crippen LogP contribution in [0.3, 0.4) is 0 Å². The van der Waals surface area contributed by atoms with E-state index in [2.05, 4.69) is 4.98 Å². The standard InChI is InChI=1S/C9H9F4N3O3/c10-3-7-8(16(18)19)15(5-14-7)4-6(17)1-2-9(11,12)13/h5H,1-4H2. The Morgan fingerprint density at radius 1 is 1.47 bits per heavy atom. The first-order chi connectivity index (χ1) is 8.74. The van der Waals surface area contributed by atoms with E-state index >= 15 is 0 Å². The quantitative estimate of drug-likeness (QED) is 0.455. The third-order valence-corrected chi connectivity index (χ3v) is 2.22. The minimum Gasteiger partial charge on any atom is -0.358 e. The van der Waals surface area contributed by atoms with Gasteiger partial charge in [-0.2, -0.15) is 13.2 Å². The SMILES string of the molecule is O=C(CCC(F)(F)F)Cn1cnc(CF)c1[N+](=O)[O-]. The highest BCUT2D eigenvalue weighted by Crippen LogP contribution is 2.22. The normalized spacial score (nSPS) is 11.6. The molecular formula is C9H9F4N3O3. The second-order valence-electron chi connectivity index (χ2n) is 3.69. The Hall–Kier alpha value is -2.00. The molecule has 0 aromatic carbocycles. The number of aromatic nitrogens is 2. The molecule has 19 heavy (non-hydrogen) atoms. The maximum Gasteiger partial charge on any atom is 0.389 e. The van der Waals surface area contributed by atoms with Crippen LogP contribution in [0.25, 0.3) is 0 Å². The van der Waals surface area contributed by atoms with Gasteiger partial charge >= 0.3 is 12.0 Å². The summed E-state index contributed by atoms with van der Waals surface area (Å²) in [6.07, 6.45) is -5.70. The summed E-state index contributed by atoms with van der Waals surface area (Å²) in [5, 5.41) is 10.6. The minimum absolute atomic E-state index is 0.464. The Bertz CT molecular complexity index is 484. The predicted octanol–water partition coefficient (Wildman–Crippen LogP) is 2.17. The fraction of sp³-hybridized carbons (Fsp3) is 0.556. The lowest BCUT2D eigenvalue weighted by Gasteiger charge is -2.05. The number of alkyl halides is 4. The van der Waals surface area contributed by atoms with Gasteiger partial charge in [0.2, 0.25) is 0 Å². The number of nitro groups is 1. The molecule has 0 saturated heterocycles. The van der Waals surface area contributed by atoms with Crippen molar-refractivity contribution >= 4 is 11.6 Å². The summed E-state index contributed by atoms with van der Waals surface area (Å²) in [4.78, 5) is 24.4. The summed E-state index contributed by atoms with van der Waals surface area (Å²) in [6.45, 7) is -1.83. The smallest absolute Gasteiger partial charge is 0.358 e. The number of halogens is 4. The Morgan fingerprint density at radius 2 is 2.11 bits per heavy atom. The van der Waals surface area contributed by atoms with E-state index in [9.17, 15) is 32.5 Å². The van der Waals surface area contributed by atoms with Crippen LogP contribution < -0.4 is 0 Å². The van der Waals surface area contributed by atoms with E-state index in [0.717, 1.165) is 10.9 Å². The largest absolute Gasteiger partial charge is 0.389 e. The molecule has 106 valence electrons. The van der Waals surface area contributed by atoms with Crippen molar-refractivity contribution < 1.29 is 27.3 Å². The van der Waals surface area contributed by atoms with Crippen molar-refractivity contribution in [1.29, 1.82) is 0 Å². The highest BCUT2D eigenvalue weighted by Gasteiger charge is 2.29. The molecule has 1 rings (SSSR count). The number of rotatable bonds is 6. The molecule has 0 saturated carbocycles. The average Bonchev–Trinajstić information content (AvgIpc) is 2.68. The Balaban J connectivity index is 2.75. The van der Waals surface area contributed by atoms with Gasteiger partial charge in [0.25, 0.3) is 0 Å².